The molecule has 94 valence electrons. The Morgan fingerprint density at radius 2 is 2.33 bits per heavy atom. The number of primary amides is 1. The maximum absolute atomic E-state index is 13.4. The quantitative estimate of drug-likeness (QED) is 0.860. The van der Waals surface area contributed by atoms with Crippen LogP contribution in [0.5, 0.6) is 5.75 Å². The minimum atomic E-state index is -0.651. The van der Waals surface area contributed by atoms with Crippen molar-refractivity contribution in [2.24, 2.45) is 5.73 Å². The summed E-state index contributed by atoms with van der Waals surface area (Å²) >= 11 is 0. The van der Waals surface area contributed by atoms with Gasteiger partial charge in [-0.2, -0.15) is 0 Å². The molecule has 2 rings (SSSR count). The van der Waals surface area contributed by atoms with Gasteiger partial charge in [0.1, 0.15) is 0 Å². The van der Waals surface area contributed by atoms with E-state index < -0.39 is 11.7 Å². The molecular formula is C11H11FN4O2. The van der Waals surface area contributed by atoms with Crippen LogP contribution in [0, 0.1) is 5.82 Å². The van der Waals surface area contributed by atoms with E-state index >= 15 is 0 Å². The lowest BCUT2D eigenvalue weighted by Crippen LogP contribution is -2.11. The van der Waals surface area contributed by atoms with Crippen LogP contribution in [-0.2, 0) is 6.54 Å². The number of rotatable bonds is 4. The average Bonchev–Trinajstić information content (AvgIpc) is 2.78. The van der Waals surface area contributed by atoms with Crippen LogP contribution in [0.3, 0.4) is 0 Å². The molecule has 0 unspecified atom stereocenters. The summed E-state index contributed by atoms with van der Waals surface area (Å²) in [5.41, 5.74) is 5.80. The van der Waals surface area contributed by atoms with E-state index in [0.717, 1.165) is 0 Å². The molecule has 6 nitrogen and oxygen atoms in total. The van der Waals surface area contributed by atoms with Crippen LogP contribution >= 0.6 is 0 Å². The number of nitrogens with zero attached hydrogens (tertiary/aromatic N) is 3. The first kappa shape index (κ1) is 12.0. The Morgan fingerprint density at radius 3 is 2.89 bits per heavy atom. The molecule has 0 radical (unpaired) electrons. The lowest BCUT2D eigenvalue weighted by Gasteiger charge is -2.04. The van der Waals surface area contributed by atoms with Crippen LogP contribution in [0.25, 0.3) is 0 Å². The van der Waals surface area contributed by atoms with Gasteiger partial charge in [-0.1, -0.05) is 11.3 Å². The number of benzene rings is 1. The van der Waals surface area contributed by atoms with Crippen LogP contribution in [0.15, 0.2) is 24.4 Å². The standard InChI is InChI=1S/C11H11FN4O2/c1-18-10-3-2-7(4-8(10)12)5-16-6-9(11(13)17)14-15-16/h2-4,6H,5H2,1H3,(H2,13,17). The summed E-state index contributed by atoms with van der Waals surface area (Å²) in [5.74, 6) is -0.928. The third-order valence-corrected chi connectivity index (χ3v) is 2.35. The molecule has 0 fully saturated rings. The zero-order chi connectivity index (χ0) is 13.1. The molecule has 0 spiro atoms. The number of amides is 1. The fraction of sp³-hybridized carbons (Fsp3) is 0.182. The molecule has 1 aromatic carbocycles. The molecular weight excluding hydrogens is 239 g/mol. The SMILES string of the molecule is COc1ccc(Cn2cc(C(N)=O)nn2)cc1F. The number of ether oxygens (including phenoxy) is 1. The van der Waals surface area contributed by atoms with Gasteiger partial charge in [0.15, 0.2) is 17.3 Å². The predicted octanol–water partition coefficient (Wildman–Crippen LogP) is 0.573. The molecule has 1 heterocycles. The Hall–Kier alpha value is -2.44. The summed E-state index contributed by atoms with van der Waals surface area (Å²) in [6, 6.07) is 4.56. The van der Waals surface area contributed by atoms with E-state index in [1.165, 1.54) is 30.1 Å². The third kappa shape index (κ3) is 2.45. The fourth-order valence-electron chi connectivity index (χ4n) is 1.48. The molecule has 2 N–H and O–H groups in total. The van der Waals surface area contributed by atoms with Gasteiger partial charge in [0, 0.05) is 0 Å². The summed E-state index contributed by atoms with van der Waals surface area (Å²) in [6.07, 6.45) is 1.41. The van der Waals surface area contributed by atoms with Crippen molar-refractivity contribution >= 4 is 5.91 Å². The number of hydrogen-bond donors (Lipinski definition) is 1. The maximum Gasteiger partial charge on any atom is 0.270 e. The minimum Gasteiger partial charge on any atom is -0.494 e. The van der Waals surface area contributed by atoms with Crippen LogP contribution in [0.1, 0.15) is 16.1 Å². The molecule has 0 saturated carbocycles. The molecule has 0 bridgehead atoms. The number of methoxy groups -OCH3 is 1. The van der Waals surface area contributed by atoms with Gasteiger partial charge in [-0.3, -0.25) is 4.79 Å². The van der Waals surface area contributed by atoms with Gasteiger partial charge < -0.3 is 10.5 Å². The summed E-state index contributed by atoms with van der Waals surface area (Å²) in [4.78, 5) is 10.8. The molecule has 0 saturated heterocycles. The van der Waals surface area contributed by atoms with Gasteiger partial charge >= 0.3 is 0 Å². The number of carbonyl (C=O) groups is 1. The van der Waals surface area contributed by atoms with E-state index in [4.69, 9.17) is 10.5 Å². The van der Waals surface area contributed by atoms with E-state index in [0.29, 0.717) is 12.1 Å². The largest absolute Gasteiger partial charge is 0.494 e. The Bertz CT molecular complexity index is 582. The second-order valence-electron chi connectivity index (χ2n) is 3.63. The Kier molecular flexibility index (Phi) is 3.22. The topological polar surface area (TPSA) is 83.0 Å². The van der Waals surface area contributed by atoms with Gasteiger partial charge in [0.25, 0.3) is 5.91 Å². The van der Waals surface area contributed by atoms with Crippen LogP contribution in [0.4, 0.5) is 4.39 Å². The first-order valence-electron chi connectivity index (χ1n) is 5.12. The zero-order valence-corrected chi connectivity index (χ0v) is 9.63. The van der Waals surface area contributed by atoms with Crippen LogP contribution in [0.2, 0.25) is 0 Å². The predicted molar refractivity (Wildman–Crippen MR) is 60.6 cm³/mol. The Morgan fingerprint density at radius 1 is 1.56 bits per heavy atom. The highest BCUT2D eigenvalue weighted by molar-refractivity contribution is 5.90. The van der Waals surface area contributed by atoms with Crippen molar-refractivity contribution in [3.63, 3.8) is 0 Å². The molecule has 0 atom stereocenters. The minimum absolute atomic E-state index is 0.0731. The zero-order valence-electron chi connectivity index (χ0n) is 9.63. The van der Waals surface area contributed by atoms with Gasteiger partial charge in [-0.25, -0.2) is 9.07 Å². The highest BCUT2D eigenvalue weighted by Gasteiger charge is 2.08. The van der Waals surface area contributed by atoms with Gasteiger partial charge in [-0.05, 0) is 17.7 Å². The molecule has 1 aromatic heterocycles. The molecule has 2 aromatic rings. The first-order valence-corrected chi connectivity index (χ1v) is 5.12. The maximum atomic E-state index is 13.4. The van der Waals surface area contributed by atoms with Crippen molar-refractivity contribution in [2.45, 2.75) is 6.54 Å². The lowest BCUT2D eigenvalue weighted by molar-refractivity contribution is 0.0995. The number of carbonyl (C=O) groups excluding carboxylic acids is 1. The molecule has 18 heavy (non-hydrogen) atoms. The number of halogens is 1. The molecule has 0 aliphatic carbocycles. The first-order chi connectivity index (χ1) is 8.60. The number of hydrogen-bond acceptors (Lipinski definition) is 4. The van der Waals surface area contributed by atoms with E-state index in [1.807, 2.05) is 0 Å². The van der Waals surface area contributed by atoms with Gasteiger partial charge in [-0.15, -0.1) is 5.10 Å². The summed E-state index contributed by atoms with van der Waals surface area (Å²) in [7, 11) is 1.40. The van der Waals surface area contributed by atoms with E-state index in [2.05, 4.69) is 10.3 Å². The van der Waals surface area contributed by atoms with E-state index in [1.54, 1.807) is 6.07 Å². The van der Waals surface area contributed by atoms with Crippen molar-refractivity contribution in [1.82, 2.24) is 15.0 Å². The molecule has 0 aliphatic rings. The van der Waals surface area contributed by atoms with Crippen LogP contribution < -0.4 is 10.5 Å². The van der Waals surface area contributed by atoms with Gasteiger partial charge in [0.05, 0.1) is 19.9 Å². The van der Waals surface area contributed by atoms with Crippen LogP contribution in [-0.4, -0.2) is 28.0 Å². The number of aromatic nitrogens is 3. The second-order valence-corrected chi connectivity index (χ2v) is 3.63. The smallest absolute Gasteiger partial charge is 0.270 e. The lowest BCUT2D eigenvalue weighted by atomic mass is 10.2. The fourth-order valence-corrected chi connectivity index (χ4v) is 1.48. The monoisotopic (exact) mass is 250 g/mol. The third-order valence-electron chi connectivity index (χ3n) is 2.35. The van der Waals surface area contributed by atoms with E-state index in [9.17, 15) is 9.18 Å². The number of nitrogens with two attached hydrogens (primary N) is 1. The second kappa shape index (κ2) is 4.82. The molecule has 1 amide bonds. The normalized spacial score (nSPS) is 10.3. The summed E-state index contributed by atoms with van der Waals surface area (Å²) in [5, 5.41) is 7.31. The Balaban J connectivity index is 2.18. The van der Waals surface area contributed by atoms with Gasteiger partial charge in [0.2, 0.25) is 0 Å². The molecule has 0 aliphatic heterocycles. The highest BCUT2D eigenvalue weighted by atomic mass is 19.1. The molecule has 7 heteroatoms. The Labute approximate surface area is 102 Å². The average molecular weight is 250 g/mol. The highest BCUT2D eigenvalue weighted by Crippen LogP contribution is 2.18. The van der Waals surface area contributed by atoms with Crippen molar-refractivity contribution in [1.29, 1.82) is 0 Å². The van der Waals surface area contributed by atoms with Crippen molar-refractivity contribution < 1.29 is 13.9 Å². The summed E-state index contributed by atoms with van der Waals surface area (Å²) < 4.78 is 19.7. The van der Waals surface area contributed by atoms with Crippen molar-refractivity contribution in [3.05, 3.63) is 41.5 Å². The van der Waals surface area contributed by atoms with E-state index in [-0.39, 0.29) is 11.4 Å². The summed E-state index contributed by atoms with van der Waals surface area (Å²) in [6.45, 7) is 0.293. The van der Waals surface area contributed by atoms with Crippen molar-refractivity contribution in [2.75, 3.05) is 7.11 Å². The van der Waals surface area contributed by atoms with Crippen molar-refractivity contribution in [3.8, 4) is 5.75 Å².